The van der Waals surface area contributed by atoms with Gasteiger partial charge in [0.25, 0.3) is 0 Å². The predicted molar refractivity (Wildman–Crippen MR) is 123 cm³/mol. The largest absolute Gasteiger partial charge is 0.356 e. The van der Waals surface area contributed by atoms with Gasteiger partial charge < -0.3 is 20.4 Å². The van der Waals surface area contributed by atoms with E-state index in [2.05, 4.69) is 45.5 Å². The van der Waals surface area contributed by atoms with Crippen molar-refractivity contribution in [2.45, 2.75) is 13.3 Å². The molecular weight excluding hydrogens is 461 g/mol. The lowest BCUT2D eigenvalue weighted by Gasteiger charge is -2.34. The minimum Gasteiger partial charge on any atom is -0.356 e. The Morgan fingerprint density at radius 2 is 1.96 bits per heavy atom. The van der Waals surface area contributed by atoms with Gasteiger partial charge in [0.15, 0.2) is 5.96 Å². The summed E-state index contributed by atoms with van der Waals surface area (Å²) in [5, 5.41) is 7.61. The molecule has 1 fully saturated rings. The number of rotatable bonds is 7. The summed E-state index contributed by atoms with van der Waals surface area (Å²) >= 11 is 6.02. The number of piperazine rings is 1. The Kier molecular flexibility index (Phi) is 11.5. The number of hydrogen-bond donors (Lipinski definition) is 2. The lowest BCUT2D eigenvalue weighted by molar-refractivity contribution is 0.139. The van der Waals surface area contributed by atoms with Crippen LogP contribution < -0.4 is 10.6 Å². The molecule has 1 aliphatic heterocycles. The minimum absolute atomic E-state index is 0. The smallest absolute Gasteiger partial charge is 0.190 e. The van der Waals surface area contributed by atoms with Crippen molar-refractivity contribution in [1.82, 2.24) is 20.4 Å². The molecule has 2 rings (SSSR count). The van der Waals surface area contributed by atoms with Crippen LogP contribution >= 0.6 is 35.6 Å². The molecule has 1 atom stereocenters. The second-order valence-electron chi connectivity index (χ2n) is 6.97. The van der Waals surface area contributed by atoms with Crippen molar-refractivity contribution in [3.63, 3.8) is 0 Å². The molecule has 5 nitrogen and oxygen atoms in total. The number of nitrogens with one attached hydrogen (secondary N) is 2. The van der Waals surface area contributed by atoms with Gasteiger partial charge in [0.05, 0.1) is 0 Å². The molecule has 0 amide bonds. The maximum absolute atomic E-state index is 6.02. The van der Waals surface area contributed by atoms with Crippen molar-refractivity contribution in [2.24, 2.45) is 10.9 Å². The second-order valence-corrected chi connectivity index (χ2v) is 7.41. The highest BCUT2D eigenvalue weighted by Crippen LogP contribution is 2.10. The zero-order chi connectivity index (χ0) is 18.1. The van der Waals surface area contributed by atoms with E-state index < -0.39 is 0 Å². The van der Waals surface area contributed by atoms with Crippen LogP contribution in [0.3, 0.4) is 0 Å². The average molecular weight is 494 g/mol. The minimum atomic E-state index is 0. The first-order valence-electron chi connectivity index (χ1n) is 9.16. The molecular formula is C19H33ClIN5. The second kappa shape index (κ2) is 12.8. The van der Waals surface area contributed by atoms with Crippen molar-refractivity contribution < 1.29 is 0 Å². The van der Waals surface area contributed by atoms with Gasteiger partial charge in [-0.15, -0.1) is 24.0 Å². The molecule has 0 bridgehead atoms. The Hall–Kier alpha value is -0.570. The first-order chi connectivity index (χ1) is 12.1. The summed E-state index contributed by atoms with van der Waals surface area (Å²) in [5.74, 6) is 1.46. The van der Waals surface area contributed by atoms with Crippen LogP contribution in [0.15, 0.2) is 29.3 Å². The third-order valence-corrected chi connectivity index (χ3v) is 4.84. The number of hydrogen-bond acceptors (Lipinski definition) is 3. The van der Waals surface area contributed by atoms with Gasteiger partial charge in [-0.3, -0.25) is 4.99 Å². The molecule has 0 aromatic heterocycles. The third kappa shape index (κ3) is 8.88. The Bertz CT molecular complexity index is 546. The molecule has 2 N–H and O–H groups in total. The van der Waals surface area contributed by atoms with E-state index in [9.17, 15) is 0 Å². The zero-order valence-electron chi connectivity index (χ0n) is 16.2. The van der Waals surface area contributed by atoms with Crippen molar-refractivity contribution >= 4 is 41.5 Å². The van der Waals surface area contributed by atoms with E-state index in [1.54, 1.807) is 0 Å². The quantitative estimate of drug-likeness (QED) is 0.348. The maximum atomic E-state index is 6.02. The zero-order valence-corrected chi connectivity index (χ0v) is 19.3. The number of benzene rings is 1. The number of guanidine groups is 1. The molecule has 1 unspecified atom stereocenters. The van der Waals surface area contributed by atoms with E-state index >= 15 is 0 Å². The Labute approximate surface area is 180 Å². The van der Waals surface area contributed by atoms with E-state index in [-0.39, 0.29) is 24.0 Å². The van der Waals surface area contributed by atoms with E-state index in [1.165, 1.54) is 31.7 Å². The Morgan fingerprint density at radius 1 is 1.23 bits per heavy atom. The fourth-order valence-electron chi connectivity index (χ4n) is 3.04. The van der Waals surface area contributed by atoms with Gasteiger partial charge in [0, 0.05) is 57.9 Å². The molecule has 1 aromatic carbocycles. The van der Waals surface area contributed by atoms with Crippen molar-refractivity contribution in [3.8, 4) is 0 Å². The van der Waals surface area contributed by atoms with Gasteiger partial charge in [-0.05, 0) is 37.1 Å². The summed E-state index contributed by atoms with van der Waals surface area (Å²) < 4.78 is 0. The summed E-state index contributed by atoms with van der Waals surface area (Å²) in [4.78, 5) is 9.26. The van der Waals surface area contributed by atoms with Gasteiger partial charge in [0.1, 0.15) is 0 Å². The Morgan fingerprint density at radius 3 is 2.62 bits per heavy atom. The average Bonchev–Trinajstić information content (AvgIpc) is 2.60. The van der Waals surface area contributed by atoms with Gasteiger partial charge in [0.2, 0.25) is 0 Å². The fraction of sp³-hybridized carbons (Fsp3) is 0.632. The van der Waals surface area contributed by atoms with E-state index in [0.29, 0.717) is 5.92 Å². The molecule has 0 spiro atoms. The third-order valence-electron chi connectivity index (χ3n) is 4.60. The number of aliphatic imine (C=N–C) groups is 1. The van der Waals surface area contributed by atoms with Crippen molar-refractivity contribution in [1.29, 1.82) is 0 Å². The summed E-state index contributed by atoms with van der Waals surface area (Å²) in [6.07, 6.45) is 0.929. The molecule has 0 radical (unpaired) electrons. The van der Waals surface area contributed by atoms with E-state index in [0.717, 1.165) is 37.0 Å². The molecule has 1 heterocycles. The summed E-state index contributed by atoms with van der Waals surface area (Å²) in [5.41, 5.74) is 1.24. The summed E-state index contributed by atoms with van der Waals surface area (Å²) in [6, 6.07) is 8.00. The van der Waals surface area contributed by atoms with Crippen LogP contribution in [0.1, 0.15) is 12.5 Å². The molecule has 7 heteroatoms. The number of likely N-dealkylation sites (N-methyl/N-ethyl adjacent to an activating group) is 1. The van der Waals surface area contributed by atoms with Gasteiger partial charge >= 0.3 is 0 Å². The van der Waals surface area contributed by atoms with Crippen LogP contribution in [-0.2, 0) is 6.42 Å². The lowest BCUT2D eigenvalue weighted by atomic mass is 10.1. The predicted octanol–water partition coefficient (Wildman–Crippen LogP) is 2.55. The number of nitrogens with zero attached hydrogens (tertiary/aromatic N) is 3. The SMILES string of the molecule is CN=C(NCCc1cccc(Cl)c1)NCC(C)CN1CCN(C)CC1.I. The monoisotopic (exact) mass is 493 g/mol. The summed E-state index contributed by atoms with van der Waals surface area (Å²) in [6.45, 7) is 9.90. The molecule has 0 aliphatic carbocycles. The highest BCUT2D eigenvalue weighted by Gasteiger charge is 2.16. The first-order valence-corrected chi connectivity index (χ1v) is 9.54. The molecule has 0 saturated carbocycles. The van der Waals surface area contributed by atoms with Gasteiger partial charge in [-0.25, -0.2) is 0 Å². The standard InChI is InChI=1S/C19H32ClN5.HI/c1-16(15-25-11-9-24(3)10-12-25)14-23-19(21-2)22-8-7-17-5-4-6-18(20)13-17;/h4-6,13,16H,7-12,14-15H2,1-3H3,(H2,21,22,23);1H. The van der Waals surface area contributed by atoms with Gasteiger partial charge in [-0.1, -0.05) is 30.7 Å². The topological polar surface area (TPSA) is 42.9 Å². The van der Waals surface area contributed by atoms with E-state index in [4.69, 9.17) is 11.6 Å². The molecule has 1 saturated heterocycles. The van der Waals surface area contributed by atoms with Crippen molar-refractivity contribution in [3.05, 3.63) is 34.9 Å². The molecule has 26 heavy (non-hydrogen) atoms. The first kappa shape index (κ1) is 23.5. The van der Waals surface area contributed by atoms with Crippen molar-refractivity contribution in [2.75, 3.05) is 59.9 Å². The van der Waals surface area contributed by atoms with Crippen LogP contribution in [0.4, 0.5) is 0 Å². The maximum Gasteiger partial charge on any atom is 0.190 e. The Balaban J connectivity index is 0.00000338. The summed E-state index contributed by atoms with van der Waals surface area (Å²) in [7, 11) is 4.02. The van der Waals surface area contributed by atoms with Crippen LogP contribution in [0.5, 0.6) is 0 Å². The van der Waals surface area contributed by atoms with Crippen LogP contribution in [-0.4, -0.2) is 75.7 Å². The normalized spacial score (nSPS) is 17.5. The molecule has 1 aromatic rings. The van der Waals surface area contributed by atoms with Crippen LogP contribution in [0.2, 0.25) is 5.02 Å². The fourth-order valence-corrected chi connectivity index (χ4v) is 3.26. The highest BCUT2D eigenvalue weighted by molar-refractivity contribution is 14.0. The van der Waals surface area contributed by atoms with Crippen LogP contribution in [0.25, 0.3) is 0 Å². The lowest BCUT2D eigenvalue weighted by Crippen LogP contribution is -2.47. The molecule has 1 aliphatic rings. The molecule has 148 valence electrons. The van der Waals surface area contributed by atoms with Gasteiger partial charge in [-0.2, -0.15) is 0 Å². The number of halogens is 2. The highest BCUT2D eigenvalue weighted by atomic mass is 127. The van der Waals surface area contributed by atoms with E-state index in [1.807, 2.05) is 25.2 Å². The van der Waals surface area contributed by atoms with Crippen LogP contribution in [0, 0.1) is 5.92 Å².